The van der Waals surface area contributed by atoms with Crippen LogP contribution >= 0.6 is 0 Å². The van der Waals surface area contributed by atoms with Gasteiger partial charge in [0, 0.05) is 50.4 Å². The van der Waals surface area contributed by atoms with Crippen LogP contribution in [0, 0.1) is 0 Å². The minimum atomic E-state index is -0.249. The molecule has 1 saturated heterocycles. The van der Waals surface area contributed by atoms with Gasteiger partial charge in [0.15, 0.2) is 0 Å². The molecule has 0 radical (unpaired) electrons. The Morgan fingerprint density at radius 3 is 3.00 bits per heavy atom. The zero-order valence-corrected chi connectivity index (χ0v) is 12.2. The van der Waals surface area contributed by atoms with Crippen LogP contribution in [-0.2, 0) is 11.3 Å². The van der Waals surface area contributed by atoms with E-state index in [1.54, 1.807) is 26.4 Å². The molecule has 1 atom stereocenters. The third kappa shape index (κ3) is 3.91. The van der Waals surface area contributed by atoms with Crippen molar-refractivity contribution >= 4 is 11.8 Å². The molecule has 1 aromatic rings. The van der Waals surface area contributed by atoms with Crippen molar-refractivity contribution in [2.24, 2.45) is 0 Å². The summed E-state index contributed by atoms with van der Waals surface area (Å²) >= 11 is 0. The maximum absolute atomic E-state index is 11.5. The van der Waals surface area contributed by atoms with Gasteiger partial charge in [0.1, 0.15) is 11.4 Å². The van der Waals surface area contributed by atoms with E-state index in [1.807, 2.05) is 0 Å². The Morgan fingerprint density at radius 2 is 2.38 bits per heavy atom. The molecule has 114 valence electrons. The van der Waals surface area contributed by atoms with Gasteiger partial charge in [-0.25, -0.2) is 0 Å². The number of rotatable bonds is 6. The minimum Gasteiger partial charge on any atom is -0.496 e. The molecule has 2 heterocycles. The normalized spacial score (nSPS) is 17.4. The molecule has 1 aromatic heterocycles. The third-order valence-corrected chi connectivity index (χ3v) is 3.41. The van der Waals surface area contributed by atoms with Crippen LogP contribution in [0.3, 0.4) is 0 Å². The molecule has 21 heavy (non-hydrogen) atoms. The Balaban J connectivity index is 1.93. The molecule has 0 aromatic carbocycles. The molecule has 7 heteroatoms. The highest BCUT2D eigenvalue weighted by Gasteiger charge is 2.20. The second-order valence-electron chi connectivity index (χ2n) is 4.89. The zero-order chi connectivity index (χ0) is 15.2. The smallest absolute Gasteiger partial charge is 0.269 e. The van der Waals surface area contributed by atoms with Crippen molar-refractivity contribution in [3.63, 3.8) is 0 Å². The number of carbonyl (C=O) groups is 2. The first-order valence-corrected chi connectivity index (χ1v) is 6.89. The van der Waals surface area contributed by atoms with E-state index in [2.05, 4.69) is 20.9 Å². The SMILES string of the molecule is CNC(=O)c1cc(OC)c(CNC[C@H]2CCC(=O)N2)cn1. The summed E-state index contributed by atoms with van der Waals surface area (Å²) in [4.78, 5) is 26.8. The van der Waals surface area contributed by atoms with Crippen LogP contribution in [0.15, 0.2) is 12.3 Å². The molecule has 2 rings (SSSR count). The zero-order valence-electron chi connectivity index (χ0n) is 12.2. The first kappa shape index (κ1) is 15.2. The summed E-state index contributed by atoms with van der Waals surface area (Å²) < 4.78 is 5.29. The number of hydrogen-bond donors (Lipinski definition) is 3. The Labute approximate surface area is 123 Å². The highest BCUT2D eigenvalue weighted by atomic mass is 16.5. The Bertz CT molecular complexity index is 533. The molecule has 7 nitrogen and oxygen atoms in total. The summed E-state index contributed by atoms with van der Waals surface area (Å²) in [5.74, 6) is 0.476. The Hall–Kier alpha value is -2.15. The number of methoxy groups -OCH3 is 1. The molecular formula is C14H20N4O3. The molecule has 1 aliphatic rings. The predicted molar refractivity (Wildman–Crippen MR) is 77.1 cm³/mol. The first-order valence-electron chi connectivity index (χ1n) is 6.89. The van der Waals surface area contributed by atoms with Gasteiger partial charge < -0.3 is 20.7 Å². The molecule has 2 amide bonds. The number of hydrogen-bond acceptors (Lipinski definition) is 5. The lowest BCUT2D eigenvalue weighted by Gasteiger charge is -2.13. The van der Waals surface area contributed by atoms with Gasteiger partial charge in [-0.1, -0.05) is 0 Å². The van der Waals surface area contributed by atoms with Crippen LogP contribution in [0.2, 0.25) is 0 Å². The van der Waals surface area contributed by atoms with Gasteiger partial charge in [0.2, 0.25) is 5.91 Å². The summed E-state index contributed by atoms with van der Waals surface area (Å²) in [5, 5.41) is 8.69. The molecule has 0 aliphatic carbocycles. The van der Waals surface area contributed by atoms with Gasteiger partial charge in [0.25, 0.3) is 5.91 Å². The number of nitrogens with zero attached hydrogens (tertiary/aromatic N) is 1. The van der Waals surface area contributed by atoms with Crippen molar-refractivity contribution in [3.8, 4) is 5.75 Å². The predicted octanol–water partition coefficient (Wildman–Crippen LogP) is -0.182. The van der Waals surface area contributed by atoms with Gasteiger partial charge in [-0.15, -0.1) is 0 Å². The number of amides is 2. The van der Waals surface area contributed by atoms with Gasteiger partial charge in [-0.05, 0) is 6.42 Å². The topological polar surface area (TPSA) is 92.4 Å². The van der Waals surface area contributed by atoms with E-state index in [1.165, 1.54) is 0 Å². The fourth-order valence-corrected chi connectivity index (χ4v) is 2.25. The van der Waals surface area contributed by atoms with Crippen LogP contribution in [0.5, 0.6) is 5.75 Å². The largest absolute Gasteiger partial charge is 0.496 e. The van der Waals surface area contributed by atoms with Crippen molar-refractivity contribution < 1.29 is 14.3 Å². The summed E-state index contributed by atoms with van der Waals surface area (Å²) in [6.07, 6.45) is 3.08. The Kier molecular flexibility index (Phi) is 5.10. The number of aromatic nitrogens is 1. The number of nitrogens with one attached hydrogen (secondary N) is 3. The van der Waals surface area contributed by atoms with Gasteiger partial charge >= 0.3 is 0 Å². The maximum Gasteiger partial charge on any atom is 0.269 e. The Morgan fingerprint density at radius 1 is 1.57 bits per heavy atom. The van der Waals surface area contributed by atoms with Crippen molar-refractivity contribution in [2.45, 2.75) is 25.4 Å². The van der Waals surface area contributed by atoms with Crippen LogP contribution < -0.4 is 20.7 Å². The van der Waals surface area contributed by atoms with E-state index in [4.69, 9.17) is 4.74 Å². The van der Waals surface area contributed by atoms with Gasteiger partial charge in [-0.3, -0.25) is 14.6 Å². The van der Waals surface area contributed by atoms with Gasteiger partial charge in [0.05, 0.1) is 7.11 Å². The maximum atomic E-state index is 11.5. The van der Waals surface area contributed by atoms with E-state index in [-0.39, 0.29) is 17.9 Å². The lowest BCUT2D eigenvalue weighted by Crippen LogP contribution is -2.35. The van der Waals surface area contributed by atoms with Crippen LogP contribution in [0.25, 0.3) is 0 Å². The molecule has 3 N–H and O–H groups in total. The fourth-order valence-electron chi connectivity index (χ4n) is 2.25. The third-order valence-electron chi connectivity index (χ3n) is 3.41. The molecule has 0 bridgehead atoms. The molecule has 0 saturated carbocycles. The molecule has 0 unspecified atom stereocenters. The van der Waals surface area contributed by atoms with E-state index >= 15 is 0 Å². The van der Waals surface area contributed by atoms with E-state index in [0.717, 1.165) is 12.0 Å². The summed E-state index contributed by atoms with van der Waals surface area (Å²) in [7, 11) is 3.12. The second kappa shape index (κ2) is 7.03. The van der Waals surface area contributed by atoms with Crippen molar-refractivity contribution in [3.05, 3.63) is 23.5 Å². The highest BCUT2D eigenvalue weighted by Crippen LogP contribution is 2.18. The van der Waals surface area contributed by atoms with Crippen LogP contribution in [0.4, 0.5) is 0 Å². The lowest BCUT2D eigenvalue weighted by molar-refractivity contribution is -0.119. The molecule has 0 spiro atoms. The average molecular weight is 292 g/mol. The van der Waals surface area contributed by atoms with E-state index in [0.29, 0.717) is 31.0 Å². The summed E-state index contributed by atoms with van der Waals surface area (Å²) in [5.41, 5.74) is 1.19. The van der Waals surface area contributed by atoms with E-state index in [9.17, 15) is 9.59 Å². The van der Waals surface area contributed by atoms with Gasteiger partial charge in [-0.2, -0.15) is 0 Å². The minimum absolute atomic E-state index is 0.107. The van der Waals surface area contributed by atoms with Crippen molar-refractivity contribution in [2.75, 3.05) is 20.7 Å². The summed E-state index contributed by atoms with van der Waals surface area (Å²) in [6, 6.07) is 1.80. The quantitative estimate of drug-likeness (QED) is 0.676. The molecule has 1 fully saturated rings. The number of pyridine rings is 1. The average Bonchev–Trinajstić information content (AvgIpc) is 2.92. The highest BCUT2D eigenvalue weighted by molar-refractivity contribution is 5.92. The van der Waals surface area contributed by atoms with Crippen molar-refractivity contribution in [1.29, 1.82) is 0 Å². The molecule has 1 aliphatic heterocycles. The number of carbonyl (C=O) groups excluding carboxylic acids is 2. The lowest BCUT2D eigenvalue weighted by atomic mass is 10.2. The molecular weight excluding hydrogens is 272 g/mol. The second-order valence-corrected chi connectivity index (χ2v) is 4.89. The fraction of sp³-hybridized carbons (Fsp3) is 0.500. The standard InChI is InChI=1S/C14H20N4O3/c1-15-14(20)11-5-12(21-2)9(7-17-11)6-16-8-10-3-4-13(19)18-10/h5,7,10,16H,3-4,6,8H2,1-2H3,(H,15,20)(H,18,19)/t10-/m1/s1. The van der Waals surface area contributed by atoms with Crippen molar-refractivity contribution in [1.82, 2.24) is 20.9 Å². The van der Waals surface area contributed by atoms with Crippen LogP contribution in [-0.4, -0.2) is 43.5 Å². The number of ether oxygens (including phenoxy) is 1. The summed E-state index contributed by atoms with van der Waals surface area (Å²) in [6.45, 7) is 1.27. The van der Waals surface area contributed by atoms with E-state index < -0.39 is 0 Å². The van der Waals surface area contributed by atoms with Crippen LogP contribution in [0.1, 0.15) is 28.9 Å². The monoisotopic (exact) mass is 292 g/mol. The first-order chi connectivity index (χ1) is 10.1.